The van der Waals surface area contributed by atoms with Gasteiger partial charge in [0.15, 0.2) is 0 Å². The van der Waals surface area contributed by atoms with Crippen LogP contribution >= 0.6 is 0 Å². The maximum Gasteiger partial charge on any atom is 0.326 e. The molecule has 170 valence electrons. The van der Waals surface area contributed by atoms with E-state index in [1.54, 1.807) is 13.8 Å². The van der Waals surface area contributed by atoms with E-state index in [2.05, 4.69) is 16.0 Å². The van der Waals surface area contributed by atoms with Gasteiger partial charge in [-0.15, -0.1) is 0 Å². The average molecular weight is 431 g/mol. The van der Waals surface area contributed by atoms with Crippen LogP contribution in [0.3, 0.4) is 0 Å². The Morgan fingerprint density at radius 1 is 0.933 bits per heavy atom. The molecule has 13 heteroatoms. The van der Waals surface area contributed by atoms with Crippen LogP contribution in [0.1, 0.15) is 39.5 Å². The molecule has 0 heterocycles. The summed E-state index contributed by atoms with van der Waals surface area (Å²) in [6.45, 7) is 2.93. The van der Waals surface area contributed by atoms with Crippen molar-refractivity contribution in [1.29, 1.82) is 0 Å². The molecule has 0 saturated heterocycles. The molecule has 9 N–H and O–H groups in total. The summed E-state index contributed by atoms with van der Waals surface area (Å²) >= 11 is 0. The van der Waals surface area contributed by atoms with E-state index < -0.39 is 66.7 Å². The molecule has 0 radical (unpaired) electrons. The standard InChI is InChI=1S/C17H29N5O8/c1-8(2)5-11(17(29)30)21-13(24)7-20-16(28)10(6-14(25)26)22-15(27)9(18)3-4-12(19)23/h8-11H,3-7,18H2,1-2H3,(H2,19,23)(H,20,28)(H,21,24)(H,22,27)(H,25,26)(H,29,30)/t9-,10-,11-/m0/s1. The molecule has 30 heavy (non-hydrogen) atoms. The van der Waals surface area contributed by atoms with E-state index >= 15 is 0 Å². The average Bonchev–Trinajstić information content (AvgIpc) is 2.61. The predicted octanol–water partition coefficient (Wildman–Crippen LogP) is -2.73. The van der Waals surface area contributed by atoms with Gasteiger partial charge in [-0.25, -0.2) is 4.79 Å². The third-order valence-electron chi connectivity index (χ3n) is 3.81. The summed E-state index contributed by atoms with van der Waals surface area (Å²) in [5.74, 6) is -5.95. The van der Waals surface area contributed by atoms with Gasteiger partial charge in [0.25, 0.3) is 0 Å². The second-order valence-electron chi connectivity index (χ2n) is 7.08. The predicted molar refractivity (Wildman–Crippen MR) is 103 cm³/mol. The molecule has 0 aliphatic rings. The number of amides is 4. The van der Waals surface area contributed by atoms with E-state index in [0.717, 1.165) is 0 Å². The van der Waals surface area contributed by atoms with Crippen LogP contribution in [0.25, 0.3) is 0 Å². The molecule has 0 saturated carbocycles. The molecule has 0 aromatic rings. The number of aliphatic carboxylic acids is 2. The smallest absolute Gasteiger partial charge is 0.326 e. The molecule has 4 amide bonds. The molecule has 0 aliphatic carbocycles. The first-order valence-electron chi connectivity index (χ1n) is 9.19. The zero-order chi connectivity index (χ0) is 23.4. The van der Waals surface area contributed by atoms with Crippen LogP contribution in [-0.2, 0) is 28.8 Å². The van der Waals surface area contributed by atoms with Crippen molar-refractivity contribution in [3.63, 3.8) is 0 Å². The minimum atomic E-state index is -1.53. The minimum Gasteiger partial charge on any atom is -0.481 e. The van der Waals surface area contributed by atoms with E-state index in [1.165, 1.54) is 0 Å². The topological polar surface area (TPSA) is 231 Å². The molecule has 0 aliphatic heterocycles. The van der Waals surface area contributed by atoms with Crippen LogP contribution in [0.15, 0.2) is 0 Å². The van der Waals surface area contributed by atoms with E-state index in [-0.39, 0.29) is 25.2 Å². The number of nitrogens with two attached hydrogens (primary N) is 2. The molecule has 0 aromatic heterocycles. The Balaban J connectivity index is 4.85. The number of hydrogen-bond acceptors (Lipinski definition) is 7. The second-order valence-corrected chi connectivity index (χ2v) is 7.08. The van der Waals surface area contributed by atoms with Crippen LogP contribution in [-0.4, -0.2) is 70.5 Å². The van der Waals surface area contributed by atoms with Gasteiger partial charge >= 0.3 is 11.9 Å². The largest absolute Gasteiger partial charge is 0.481 e. The summed E-state index contributed by atoms with van der Waals surface area (Å²) in [6.07, 6.45) is -0.883. The molecule has 0 bridgehead atoms. The van der Waals surface area contributed by atoms with Gasteiger partial charge in [0.05, 0.1) is 19.0 Å². The van der Waals surface area contributed by atoms with Crippen molar-refractivity contribution < 1.29 is 39.0 Å². The van der Waals surface area contributed by atoms with Gasteiger partial charge in [-0.2, -0.15) is 0 Å². The van der Waals surface area contributed by atoms with Crippen LogP contribution < -0.4 is 27.4 Å². The summed E-state index contributed by atoms with van der Waals surface area (Å²) in [5.41, 5.74) is 10.5. The van der Waals surface area contributed by atoms with Crippen molar-refractivity contribution >= 4 is 35.6 Å². The Morgan fingerprint density at radius 3 is 2.00 bits per heavy atom. The molecule has 0 aromatic carbocycles. The fraction of sp³-hybridized carbons (Fsp3) is 0.647. The van der Waals surface area contributed by atoms with Crippen molar-refractivity contribution in [3.05, 3.63) is 0 Å². The summed E-state index contributed by atoms with van der Waals surface area (Å²) < 4.78 is 0. The lowest BCUT2D eigenvalue weighted by Gasteiger charge is -2.20. The number of rotatable bonds is 14. The SMILES string of the molecule is CC(C)C[C@H](NC(=O)CNC(=O)[C@H](CC(=O)O)NC(=O)[C@@H](N)CCC(N)=O)C(=O)O. The lowest BCUT2D eigenvalue weighted by atomic mass is 10.0. The Bertz CT molecular complexity index is 667. The van der Waals surface area contributed by atoms with Gasteiger partial charge in [0.2, 0.25) is 23.6 Å². The second kappa shape index (κ2) is 13.1. The number of carbonyl (C=O) groups excluding carboxylic acids is 4. The normalized spacial score (nSPS) is 13.6. The summed E-state index contributed by atoms with van der Waals surface area (Å²) in [4.78, 5) is 69.0. The minimum absolute atomic E-state index is 0.00470. The third-order valence-corrected chi connectivity index (χ3v) is 3.81. The molecule has 3 atom stereocenters. The number of nitrogens with one attached hydrogen (secondary N) is 3. The summed E-state index contributed by atoms with van der Waals surface area (Å²) in [7, 11) is 0. The molecular weight excluding hydrogens is 402 g/mol. The van der Waals surface area contributed by atoms with Crippen molar-refractivity contribution in [3.8, 4) is 0 Å². The summed E-state index contributed by atoms with van der Waals surface area (Å²) in [5, 5.41) is 24.6. The molecule has 0 rings (SSSR count). The first kappa shape index (κ1) is 26.8. The van der Waals surface area contributed by atoms with Crippen LogP contribution in [0.5, 0.6) is 0 Å². The Morgan fingerprint density at radius 2 is 1.53 bits per heavy atom. The molecule has 0 spiro atoms. The zero-order valence-corrected chi connectivity index (χ0v) is 16.8. The highest BCUT2D eigenvalue weighted by atomic mass is 16.4. The van der Waals surface area contributed by atoms with Gasteiger partial charge in [-0.05, 0) is 18.8 Å². The molecular formula is C17H29N5O8. The van der Waals surface area contributed by atoms with Crippen molar-refractivity contribution in [1.82, 2.24) is 16.0 Å². The number of carbonyl (C=O) groups is 6. The lowest BCUT2D eigenvalue weighted by Crippen LogP contribution is -2.54. The van der Waals surface area contributed by atoms with Crippen molar-refractivity contribution in [2.45, 2.75) is 57.7 Å². The monoisotopic (exact) mass is 431 g/mol. The Labute approximate surface area is 172 Å². The lowest BCUT2D eigenvalue weighted by molar-refractivity contribution is -0.143. The first-order chi connectivity index (χ1) is 13.8. The van der Waals surface area contributed by atoms with E-state index in [0.29, 0.717) is 0 Å². The van der Waals surface area contributed by atoms with Crippen LogP contribution in [0, 0.1) is 5.92 Å². The van der Waals surface area contributed by atoms with Gasteiger partial charge in [-0.1, -0.05) is 13.8 Å². The van der Waals surface area contributed by atoms with E-state index in [1.807, 2.05) is 0 Å². The van der Waals surface area contributed by atoms with E-state index in [4.69, 9.17) is 21.7 Å². The number of primary amides is 1. The molecule has 13 nitrogen and oxygen atoms in total. The zero-order valence-electron chi connectivity index (χ0n) is 16.8. The van der Waals surface area contributed by atoms with E-state index in [9.17, 15) is 28.8 Å². The highest BCUT2D eigenvalue weighted by Gasteiger charge is 2.27. The van der Waals surface area contributed by atoms with Gasteiger partial charge in [0.1, 0.15) is 12.1 Å². The van der Waals surface area contributed by atoms with Crippen molar-refractivity contribution in [2.24, 2.45) is 17.4 Å². The van der Waals surface area contributed by atoms with Gasteiger partial charge in [0, 0.05) is 6.42 Å². The first-order valence-corrected chi connectivity index (χ1v) is 9.19. The molecule has 0 fully saturated rings. The van der Waals surface area contributed by atoms with Crippen LogP contribution in [0.4, 0.5) is 0 Å². The molecule has 0 unspecified atom stereocenters. The highest BCUT2D eigenvalue weighted by molar-refractivity contribution is 5.94. The quantitative estimate of drug-likeness (QED) is 0.151. The highest BCUT2D eigenvalue weighted by Crippen LogP contribution is 2.04. The number of carboxylic acid groups (broad SMARTS) is 2. The third kappa shape index (κ3) is 11.6. The maximum absolute atomic E-state index is 12.2. The maximum atomic E-state index is 12.2. The van der Waals surface area contributed by atoms with Crippen LogP contribution in [0.2, 0.25) is 0 Å². The number of carboxylic acids is 2. The summed E-state index contributed by atoms with van der Waals surface area (Å²) in [6, 6.07) is -3.88. The fourth-order valence-electron chi connectivity index (χ4n) is 2.32. The van der Waals surface area contributed by atoms with Gasteiger partial charge in [-0.3, -0.25) is 24.0 Å². The van der Waals surface area contributed by atoms with Crippen molar-refractivity contribution in [2.75, 3.05) is 6.54 Å². The Kier molecular flexibility index (Phi) is 11.7. The fourth-order valence-corrected chi connectivity index (χ4v) is 2.32. The number of hydrogen-bond donors (Lipinski definition) is 7. The Hall–Kier alpha value is -3.22. The van der Waals surface area contributed by atoms with Gasteiger partial charge < -0.3 is 37.6 Å².